The van der Waals surface area contributed by atoms with Crippen molar-refractivity contribution < 1.29 is 9.53 Å². The van der Waals surface area contributed by atoms with E-state index in [0.29, 0.717) is 19.1 Å². The Labute approximate surface area is 102 Å². The standard InChI is InChI=1S/C13H18N2O2/c1-10(2)9-17-13(16)15-8-7-14-11-5-3-4-6-12(11)15/h3-6,10,14H,7-9H2,1-2H3. The number of para-hydroxylation sites is 2. The van der Waals surface area contributed by atoms with Crippen LogP contribution in [0.4, 0.5) is 16.2 Å². The smallest absolute Gasteiger partial charge is 0.414 e. The molecule has 1 aromatic rings. The van der Waals surface area contributed by atoms with Crippen LogP contribution in [0.25, 0.3) is 0 Å². The summed E-state index contributed by atoms with van der Waals surface area (Å²) in [5, 5.41) is 3.26. The molecular formula is C13H18N2O2. The molecule has 0 bridgehead atoms. The van der Waals surface area contributed by atoms with Crippen molar-refractivity contribution in [3.05, 3.63) is 24.3 Å². The summed E-state index contributed by atoms with van der Waals surface area (Å²) in [6, 6.07) is 7.78. The number of nitrogens with zero attached hydrogens (tertiary/aromatic N) is 1. The molecule has 0 saturated heterocycles. The topological polar surface area (TPSA) is 41.6 Å². The third-order valence-corrected chi connectivity index (χ3v) is 2.61. The summed E-state index contributed by atoms with van der Waals surface area (Å²) >= 11 is 0. The number of rotatable bonds is 2. The van der Waals surface area contributed by atoms with Crippen LogP contribution in [0, 0.1) is 5.92 Å². The third-order valence-electron chi connectivity index (χ3n) is 2.61. The molecular weight excluding hydrogens is 216 g/mol. The SMILES string of the molecule is CC(C)COC(=O)N1CCNc2ccccc21. The van der Waals surface area contributed by atoms with E-state index in [2.05, 4.69) is 5.32 Å². The predicted molar refractivity (Wildman–Crippen MR) is 68.5 cm³/mol. The van der Waals surface area contributed by atoms with E-state index >= 15 is 0 Å². The van der Waals surface area contributed by atoms with Gasteiger partial charge in [0.15, 0.2) is 0 Å². The summed E-state index contributed by atoms with van der Waals surface area (Å²) in [6.45, 7) is 5.92. The summed E-state index contributed by atoms with van der Waals surface area (Å²) in [6.07, 6.45) is -0.257. The monoisotopic (exact) mass is 234 g/mol. The predicted octanol–water partition coefficient (Wildman–Crippen LogP) is 2.71. The molecule has 0 unspecified atom stereocenters. The fourth-order valence-corrected chi connectivity index (χ4v) is 1.79. The zero-order valence-electron chi connectivity index (χ0n) is 10.3. The zero-order valence-corrected chi connectivity index (χ0v) is 10.3. The van der Waals surface area contributed by atoms with Gasteiger partial charge in [0, 0.05) is 13.1 Å². The van der Waals surface area contributed by atoms with Crippen LogP contribution < -0.4 is 10.2 Å². The average Bonchev–Trinajstić information content (AvgIpc) is 2.35. The number of nitrogens with one attached hydrogen (secondary N) is 1. The minimum absolute atomic E-state index is 0.257. The van der Waals surface area contributed by atoms with Gasteiger partial charge in [0.05, 0.1) is 18.0 Å². The van der Waals surface area contributed by atoms with E-state index < -0.39 is 0 Å². The summed E-state index contributed by atoms with van der Waals surface area (Å²) in [5.41, 5.74) is 1.88. The molecule has 17 heavy (non-hydrogen) atoms. The number of amides is 1. The van der Waals surface area contributed by atoms with Crippen molar-refractivity contribution >= 4 is 17.5 Å². The van der Waals surface area contributed by atoms with Gasteiger partial charge in [-0.05, 0) is 18.1 Å². The van der Waals surface area contributed by atoms with Crippen LogP contribution in [0.5, 0.6) is 0 Å². The molecule has 92 valence electrons. The molecule has 0 fully saturated rings. The summed E-state index contributed by atoms with van der Waals surface area (Å²) in [4.78, 5) is 13.6. The number of hydrogen-bond acceptors (Lipinski definition) is 3. The highest BCUT2D eigenvalue weighted by Crippen LogP contribution is 2.28. The normalized spacial score (nSPS) is 14.2. The Morgan fingerprint density at radius 1 is 1.47 bits per heavy atom. The number of hydrogen-bond donors (Lipinski definition) is 1. The number of ether oxygens (including phenoxy) is 1. The van der Waals surface area contributed by atoms with Gasteiger partial charge in [-0.15, -0.1) is 0 Å². The van der Waals surface area contributed by atoms with Gasteiger partial charge in [-0.25, -0.2) is 4.79 Å². The highest BCUT2D eigenvalue weighted by molar-refractivity contribution is 5.93. The van der Waals surface area contributed by atoms with Crippen LogP contribution in [0.1, 0.15) is 13.8 Å². The Bertz CT molecular complexity index is 404. The Morgan fingerprint density at radius 3 is 3.00 bits per heavy atom. The van der Waals surface area contributed by atoms with Gasteiger partial charge in [-0.3, -0.25) is 4.90 Å². The Morgan fingerprint density at radius 2 is 2.24 bits per heavy atom. The lowest BCUT2D eigenvalue weighted by Crippen LogP contribution is -2.39. The summed E-state index contributed by atoms with van der Waals surface area (Å²) in [5.74, 6) is 0.358. The highest BCUT2D eigenvalue weighted by atomic mass is 16.6. The Hall–Kier alpha value is -1.71. The first-order valence-corrected chi connectivity index (χ1v) is 5.95. The third kappa shape index (κ3) is 2.70. The lowest BCUT2D eigenvalue weighted by molar-refractivity contribution is 0.140. The van der Waals surface area contributed by atoms with Gasteiger partial charge in [-0.2, -0.15) is 0 Å². The van der Waals surface area contributed by atoms with Gasteiger partial charge in [0.2, 0.25) is 0 Å². The molecule has 2 rings (SSSR count). The fraction of sp³-hybridized carbons (Fsp3) is 0.462. The van der Waals surface area contributed by atoms with Crippen LogP contribution in [-0.4, -0.2) is 25.8 Å². The molecule has 1 aliphatic heterocycles. The number of benzene rings is 1. The lowest BCUT2D eigenvalue weighted by atomic mass is 10.2. The van der Waals surface area contributed by atoms with Gasteiger partial charge in [0.1, 0.15) is 0 Å². The van der Waals surface area contributed by atoms with Gasteiger partial charge in [0.25, 0.3) is 0 Å². The first-order valence-electron chi connectivity index (χ1n) is 5.95. The molecule has 0 aromatic heterocycles. The van der Waals surface area contributed by atoms with E-state index in [9.17, 15) is 4.79 Å². The molecule has 0 atom stereocenters. The fourth-order valence-electron chi connectivity index (χ4n) is 1.79. The molecule has 0 spiro atoms. The maximum Gasteiger partial charge on any atom is 0.414 e. The van der Waals surface area contributed by atoms with E-state index in [0.717, 1.165) is 17.9 Å². The molecule has 1 aromatic carbocycles. The second-order valence-electron chi connectivity index (χ2n) is 4.57. The van der Waals surface area contributed by atoms with Crippen molar-refractivity contribution in [2.75, 3.05) is 29.9 Å². The molecule has 0 radical (unpaired) electrons. The molecule has 1 amide bonds. The summed E-state index contributed by atoms with van der Waals surface area (Å²) in [7, 11) is 0. The second-order valence-corrected chi connectivity index (χ2v) is 4.57. The highest BCUT2D eigenvalue weighted by Gasteiger charge is 2.23. The molecule has 0 saturated carbocycles. The van der Waals surface area contributed by atoms with Crippen LogP contribution >= 0.6 is 0 Å². The van der Waals surface area contributed by atoms with Crippen molar-refractivity contribution in [1.82, 2.24) is 0 Å². The average molecular weight is 234 g/mol. The van der Waals surface area contributed by atoms with Crippen molar-refractivity contribution in [3.8, 4) is 0 Å². The maximum absolute atomic E-state index is 11.9. The van der Waals surface area contributed by atoms with E-state index in [1.807, 2.05) is 38.1 Å². The molecule has 4 heteroatoms. The van der Waals surface area contributed by atoms with E-state index in [1.54, 1.807) is 4.90 Å². The van der Waals surface area contributed by atoms with E-state index in [4.69, 9.17) is 4.74 Å². The van der Waals surface area contributed by atoms with E-state index in [1.165, 1.54) is 0 Å². The minimum atomic E-state index is -0.257. The van der Waals surface area contributed by atoms with Crippen LogP contribution in [0.15, 0.2) is 24.3 Å². The Balaban J connectivity index is 2.10. The van der Waals surface area contributed by atoms with E-state index in [-0.39, 0.29) is 6.09 Å². The zero-order chi connectivity index (χ0) is 12.3. The maximum atomic E-state index is 11.9. The molecule has 1 aliphatic rings. The van der Waals surface area contributed by atoms with Crippen molar-refractivity contribution in [2.45, 2.75) is 13.8 Å². The minimum Gasteiger partial charge on any atom is -0.449 e. The first-order chi connectivity index (χ1) is 8.18. The molecule has 1 heterocycles. The van der Waals surface area contributed by atoms with Crippen molar-refractivity contribution in [3.63, 3.8) is 0 Å². The molecule has 4 nitrogen and oxygen atoms in total. The second kappa shape index (κ2) is 5.08. The van der Waals surface area contributed by atoms with Gasteiger partial charge >= 0.3 is 6.09 Å². The van der Waals surface area contributed by atoms with Crippen molar-refractivity contribution in [2.24, 2.45) is 5.92 Å². The number of anilines is 2. The lowest BCUT2D eigenvalue weighted by Gasteiger charge is -2.29. The molecule has 0 aliphatic carbocycles. The van der Waals surface area contributed by atoms with Crippen LogP contribution in [-0.2, 0) is 4.74 Å². The van der Waals surface area contributed by atoms with Crippen LogP contribution in [0.3, 0.4) is 0 Å². The van der Waals surface area contributed by atoms with Crippen LogP contribution in [0.2, 0.25) is 0 Å². The number of fused-ring (bicyclic) bond motifs is 1. The van der Waals surface area contributed by atoms with Gasteiger partial charge < -0.3 is 10.1 Å². The summed E-state index contributed by atoms with van der Waals surface area (Å²) < 4.78 is 5.26. The number of carbonyl (C=O) groups excluding carboxylic acids is 1. The Kier molecular flexibility index (Phi) is 3.52. The first kappa shape index (κ1) is 11.8. The number of carbonyl (C=O) groups is 1. The van der Waals surface area contributed by atoms with Crippen molar-refractivity contribution in [1.29, 1.82) is 0 Å². The quantitative estimate of drug-likeness (QED) is 0.855. The molecule has 1 N–H and O–H groups in total. The van der Waals surface area contributed by atoms with Gasteiger partial charge in [-0.1, -0.05) is 26.0 Å². The largest absolute Gasteiger partial charge is 0.449 e.